The zero-order chi connectivity index (χ0) is 13.7. The minimum absolute atomic E-state index is 0.244. The number of nitrogens with zero attached hydrogens (tertiary/aromatic N) is 1. The first-order valence-electron chi connectivity index (χ1n) is 6.29. The van der Waals surface area contributed by atoms with Crippen molar-refractivity contribution in [3.8, 4) is 0 Å². The van der Waals surface area contributed by atoms with Crippen molar-refractivity contribution in [2.45, 2.75) is 38.9 Å². The van der Waals surface area contributed by atoms with Gasteiger partial charge < -0.3 is 4.74 Å². The number of amides is 2. The van der Waals surface area contributed by atoms with E-state index in [1.165, 1.54) is 4.90 Å². The second-order valence-electron chi connectivity index (χ2n) is 5.11. The maximum Gasteiger partial charge on any atom is 0.263 e. The van der Waals surface area contributed by atoms with Crippen LogP contribution in [0.15, 0.2) is 16.6 Å². The molecule has 0 saturated carbocycles. The molecule has 1 aromatic carbocycles. The molecule has 2 bridgehead atoms. The fraction of sp³-hybridized carbons (Fsp3) is 0.429. The third kappa shape index (κ3) is 1.92. The summed E-state index contributed by atoms with van der Waals surface area (Å²) < 4.78 is 6.19. The summed E-state index contributed by atoms with van der Waals surface area (Å²) in [5.41, 5.74) is 2.65. The number of aryl methyl sites for hydroxylation is 2. The van der Waals surface area contributed by atoms with E-state index in [0.29, 0.717) is 18.5 Å². The van der Waals surface area contributed by atoms with Gasteiger partial charge in [-0.25, -0.2) is 4.90 Å². The van der Waals surface area contributed by atoms with Crippen molar-refractivity contribution in [1.29, 1.82) is 0 Å². The summed E-state index contributed by atoms with van der Waals surface area (Å²) in [5, 5.41) is 0. The van der Waals surface area contributed by atoms with Gasteiger partial charge in [-0.1, -0.05) is 6.07 Å². The highest BCUT2D eigenvalue weighted by molar-refractivity contribution is 9.10. The molecule has 3 rings (SSSR count). The highest BCUT2D eigenvalue weighted by atomic mass is 79.9. The summed E-state index contributed by atoms with van der Waals surface area (Å²) >= 11 is 3.46. The lowest BCUT2D eigenvalue weighted by Crippen LogP contribution is -2.52. The monoisotopic (exact) mass is 323 g/mol. The number of morpholine rings is 1. The van der Waals surface area contributed by atoms with Gasteiger partial charge in [0.25, 0.3) is 11.8 Å². The van der Waals surface area contributed by atoms with E-state index < -0.39 is 12.2 Å². The smallest absolute Gasteiger partial charge is 0.263 e. The molecule has 2 fully saturated rings. The number of halogens is 1. The standard InChI is InChI=1S/C14H14BrNO3/c1-7-5-8(2)12(9(15)6-7)16-13(17)10-3-4-11(19-10)14(16)18/h5-6,10-11H,3-4H2,1-2H3. The van der Waals surface area contributed by atoms with Gasteiger partial charge in [-0.2, -0.15) is 0 Å². The van der Waals surface area contributed by atoms with E-state index in [0.717, 1.165) is 15.6 Å². The highest BCUT2D eigenvalue weighted by Crippen LogP contribution is 2.37. The lowest BCUT2D eigenvalue weighted by molar-refractivity contribution is -0.146. The van der Waals surface area contributed by atoms with Crippen LogP contribution < -0.4 is 4.90 Å². The van der Waals surface area contributed by atoms with Crippen LogP contribution in [0.5, 0.6) is 0 Å². The first kappa shape index (κ1) is 12.8. The number of carbonyl (C=O) groups is 2. The van der Waals surface area contributed by atoms with Gasteiger partial charge in [-0.15, -0.1) is 0 Å². The predicted molar refractivity (Wildman–Crippen MR) is 74.0 cm³/mol. The van der Waals surface area contributed by atoms with Crippen LogP contribution in [0.4, 0.5) is 5.69 Å². The maximum atomic E-state index is 12.3. The van der Waals surface area contributed by atoms with Gasteiger partial charge >= 0.3 is 0 Å². The van der Waals surface area contributed by atoms with E-state index >= 15 is 0 Å². The Labute approximate surface area is 119 Å². The summed E-state index contributed by atoms with van der Waals surface area (Å²) in [4.78, 5) is 26.0. The lowest BCUT2D eigenvalue weighted by Gasteiger charge is -2.31. The van der Waals surface area contributed by atoms with Gasteiger partial charge in [0.15, 0.2) is 0 Å². The average molecular weight is 324 g/mol. The molecule has 0 N–H and O–H groups in total. The molecule has 2 aliphatic rings. The van der Waals surface area contributed by atoms with Crippen molar-refractivity contribution in [2.75, 3.05) is 4.90 Å². The summed E-state index contributed by atoms with van der Waals surface area (Å²) in [7, 11) is 0. The Morgan fingerprint density at radius 3 is 2.26 bits per heavy atom. The summed E-state index contributed by atoms with van der Waals surface area (Å²) in [6.45, 7) is 3.89. The number of carbonyl (C=O) groups excluding carboxylic acids is 2. The number of hydrogen-bond donors (Lipinski definition) is 0. The zero-order valence-electron chi connectivity index (χ0n) is 10.8. The van der Waals surface area contributed by atoms with Gasteiger partial charge in [-0.05, 0) is 59.8 Å². The SMILES string of the molecule is Cc1cc(C)c(N2C(=O)C3CCC(O3)C2=O)c(Br)c1. The molecule has 4 nitrogen and oxygen atoms in total. The summed E-state index contributed by atoms with van der Waals surface area (Å²) in [6.07, 6.45) is 0.341. The van der Waals surface area contributed by atoms with E-state index in [9.17, 15) is 9.59 Å². The van der Waals surface area contributed by atoms with Crippen molar-refractivity contribution in [2.24, 2.45) is 0 Å². The third-order valence-corrected chi connectivity index (χ3v) is 4.24. The molecule has 0 radical (unpaired) electrons. The minimum atomic E-state index is -0.463. The number of imide groups is 1. The molecule has 0 aliphatic carbocycles. The van der Waals surface area contributed by atoms with E-state index in [2.05, 4.69) is 15.9 Å². The van der Waals surface area contributed by atoms with E-state index in [-0.39, 0.29) is 11.8 Å². The maximum absolute atomic E-state index is 12.3. The molecule has 2 atom stereocenters. The number of fused-ring (bicyclic) bond motifs is 2. The molecule has 5 heteroatoms. The van der Waals surface area contributed by atoms with E-state index in [1.807, 2.05) is 26.0 Å². The molecule has 2 aliphatic heterocycles. The van der Waals surface area contributed by atoms with Crippen LogP contribution in [0.1, 0.15) is 24.0 Å². The molecular weight excluding hydrogens is 310 g/mol. The number of rotatable bonds is 1. The first-order valence-corrected chi connectivity index (χ1v) is 7.08. The molecule has 0 spiro atoms. The second-order valence-corrected chi connectivity index (χ2v) is 5.97. The molecular formula is C14H14BrNO3. The van der Waals surface area contributed by atoms with Gasteiger partial charge in [0.2, 0.25) is 0 Å². The first-order chi connectivity index (χ1) is 8.99. The van der Waals surface area contributed by atoms with Gasteiger partial charge in [0.1, 0.15) is 12.2 Å². The number of benzene rings is 1. The molecule has 1 aromatic rings. The fourth-order valence-corrected chi connectivity index (χ4v) is 3.66. The Morgan fingerprint density at radius 1 is 1.16 bits per heavy atom. The van der Waals surface area contributed by atoms with Crippen LogP contribution in [0, 0.1) is 13.8 Å². The van der Waals surface area contributed by atoms with Crippen LogP contribution in [0.25, 0.3) is 0 Å². The van der Waals surface area contributed by atoms with Crippen LogP contribution in [0.2, 0.25) is 0 Å². The Balaban J connectivity index is 2.11. The van der Waals surface area contributed by atoms with Crippen LogP contribution >= 0.6 is 15.9 Å². The Morgan fingerprint density at radius 2 is 1.74 bits per heavy atom. The van der Waals surface area contributed by atoms with Crippen molar-refractivity contribution in [3.63, 3.8) is 0 Å². The largest absolute Gasteiger partial charge is 0.355 e. The molecule has 2 saturated heterocycles. The van der Waals surface area contributed by atoms with Crippen LogP contribution in [-0.4, -0.2) is 24.0 Å². The highest BCUT2D eigenvalue weighted by Gasteiger charge is 2.47. The second kappa shape index (κ2) is 4.42. The number of ether oxygens (including phenoxy) is 1. The fourth-order valence-electron chi connectivity index (χ4n) is 2.81. The van der Waals surface area contributed by atoms with Gasteiger partial charge in [0.05, 0.1) is 5.69 Å². The molecule has 2 amide bonds. The third-order valence-electron chi connectivity index (χ3n) is 3.63. The number of hydrogen-bond acceptors (Lipinski definition) is 3. The molecule has 2 unspecified atom stereocenters. The minimum Gasteiger partial charge on any atom is -0.355 e. The summed E-state index contributed by atoms with van der Waals surface area (Å²) in [5.74, 6) is -0.488. The quantitative estimate of drug-likeness (QED) is 0.746. The van der Waals surface area contributed by atoms with Crippen LogP contribution in [-0.2, 0) is 14.3 Å². The van der Waals surface area contributed by atoms with Gasteiger partial charge in [0, 0.05) is 4.47 Å². The van der Waals surface area contributed by atoms with Crippen molar-refractivity contribution in [1.82, 2.24) is 0 Å². The molecule has 2 heterocycles. The topological polar surface area (TPSA) is 46.6 Å². The predicted octanol–water partition coefficient (Wildman–Crippen LogP) is 2.49. The van der Waals surface area contributed by atoms with Gasteiger partial charge in [-0.3, -0.25) is 9.59 Å². The average Bonchev–Trinajstić information content (AvgIpc) is 2.76. The normalized spacial score (nSPS) is 26.2. The Hall–Kier alpha value is -1.20. The molecule has 19 heavy (non-hydrogen) atoms. The Bertz CT molecular complexity index is 539. The lowest BCUT2D eigenvalue weighted by atomic mass is 10.1. The van der Waals surface area contributed by atoms with E-state index in [1.54, 1.807) is 0 Å². The zero-order valence-corrected chi connectivity index (χ0v) is 12.4. The van der Waals surface area contributed by atoms with Crippen molar-refractivity contribution in [3.05, 3.63) is 27.7 Å². The number of anilines is 1. The molecule has 0 aromatic heterocycles. The summed E-state index contributed by atoms with van der Waals surface area (Å²) in [6, 6.07) is 3.89. The Kier molecular flexibility index (Phi) is 2.98. The van der Waals surface area contributed by atoms with Crippen LogP contribution in [0.3, 0.4) is 0 Å². The van der Waals surface area contributed by atoms with E-state index in [4.69, 9.17) is 4.74 Å². The molecule has 100 valence electrons. The van der Waals surface area contributed by atoms with Crippen molar-refractivity contribution >= 4 is 33.4 Å². The van der Waals surface area contributed by atoms with Crippen molar-refractivity contribution < 1.29 is 14.3 Å².